The van der Waals surface area contributed by atoms with Crippen LogP contribution >= 0.6 is 0 Å². The molecular weight excluding hydrogens is 194 g/mol. The van der Waals surface area contributed by atoms with E-state index >= 15 is 0 Å². The highest BCUT2D eigenvalue weighted by Crippen LogP contribution is 2.46. The number of rotatable bonds is 0. The third kappa shape index (κ3) is 1.17. The number of carboxylic acid groups (broad SMARTS) is 1. The van der Waals surface area contributed by atoms with Crippen molar-refractivity contribution in [2.75, 3.05) is 26.2 Å². The largest absolute Gasteiger partial charge is 0.465 e. The van der Waals surface area contributed by atoms with Crippen LogP contribution in [0.2, 0.25) is 0 Å². The van der Waals surface area contributed by atoms with Crippen molar-refractivity contribution in [1.29, 1.82) is 0 Å². The summed E-state index contributed by atoms with van der Waals surface area (Å²) in [6.45, 7) is 0.150. The lowest BCUT2D eigenvalue weighted by molar-refractivity contribution is -0.182. The molecule has 2 rings (SSSR count). The van der Waals surface area contributed by atoms with E-state index in [1.165, 1.54) is 0 Å². The van der Waals surface area contributed by atoms with Crippen LogP contribution in [-0.4, -0.2) is 48.2 Å². The van der Waals surface area contributed by atoms with Gasteiger partial charge in [-0.3, -0.25) is 0 Å². The van der Waals surface area contributed by atoms with Crippen molar-refractivity contribution in [3.63, 3.8) is 0 Å². The quantitative estimate of drug-likeness (QED) is 0.610. The third-order valence-electron chi connectivity index (χ3n) is 3.22. The molecule has 2 saturated heterocycles. The SMILES string of the molecule is O=C(O)N1CCC2(CNC2)C(F)(F)C1. The van der Waals surface area contributed by atoms with Crippen LogP contribution in [0.1, 0.15) is 6.42 Å². The summed E-state index contributed by atoms with van der Waals surface area (Å²) < 4.78 is 27.1. The predicted molar refractivity (Wildman–Crippen MR) is 44.5 cm³/mol. The van der Waals surface area contributed by atoms with Gasteiger partial charge in [0.1, 0.15) is 0 Å². The molecule has 0 bridgehead atoms. The zero-order chi connectivity index (χ0) is 10.4. The minimum Gasteiger partial charge on any atom is -0.465 e. The summed E-state index contributed by atoms with van der Waals surface area (Å²) in [5.41, 5.74) is -0.987. The van der Waals surface area contributed by atoms with Crippen LogP contribution in [0, 0.1) is 5.41 Å². The average molecular weight is 206 g/mol. The van der Waals surface area contributed by atoms with Crippen LogP contribution in [-0.2, 0) is 0 Å². The third-order valence-corrected chi connectivity index (χ3v) is 3.22. The van der Waals surface area contributed by atoms with E-state index in [9.17, 15) is 13.6 Å². The predicted octanol–water partition coefficient (Wildman–Crippen LogP) is 0.595. The number of halogens is 2. The highest BCUT2D eigenvalue weighted by molar-refractivity contribution is 5.65. The highest BCUT2D eigenvalue weighted by atomic mass is 19.3. The number of nitrogens with one attached hydrogen (secondary N) is 1. The van der Waals surface area contributed by atoms with Crippen molar-refractivity contribution >= 4 is 6.09 Å². The van der Waals surface area contributed by atoms with E-state index in [0.717, 1.165) is 4.90 Å². The Hall–Kier alpha value is -0.910. The topological polar surface area (TPSA) is 52.6 Å². The average Bonchev–Trinajstić information content (AvgIpc) is 1.99. The fourth-order valence-electron chi connectivity index (χ4n) is 2.04. The van der Waals surface area contributed by atoms with Crippen molar-refractivity contribution in [2.24, 2.45) is 5.41 Å². The number of hydrogen-bond donors (Lipinski definition) is 2. The number of hydrogen-bond acceptors (Lipinski definition) is 2. The Bertz CT molecular complexity index is 266. The molecule has 0 aliphatic carbocycles. The van der Waals surface area contributed by atoms with Crippen molar-refractivity contribution < 1.29 is 18.7 Å². The van der Waals surface area contributed by atoms with Crippen LogP contribution in [0.3, 0.4) is 0 Å². The molecule has 80 valence electrons. The fourth-order valence-corrected chi connectivity index (χ4v) is 2.04. The second-order valence-electron chi connectivity index (χ2n) is 4.04. The second-order valence-corrected chi connectivity index (χ2v) is 4.04. The molecule has 14 heavy (non-hydrogen) atoms. The molecule has 2 fully saturated rings. The summed E-state index contributed by atoms with van der Waals surface area (Å²) in [7, 11) is 0. The summed E-state index contributed by atoms with van der Waals surface area (Å²) in [6, 6.07) is 0. The molecule has 4 nitrogen and oxygen atoms in total. The summed E-state index contributed by atoms with van der Waals surface area (Å²) >= 11 is 0. The smallest absolute Gasteiger partial charge is 0.407 e. The van der Waals surface area contributed by atoms with Crippen LogP contribution in [0.4, 0.5) is 13.6 Å². The summed E-state index contributed by atoms with van der Waals surface area (Å²) in [5.74, 6) is -2.89. The van der Waals surface area contributed by atoms with E-state index < -0.39 is 24.0 Å². The molecule has 2 aliphatic rings. The molecule has 0 atom stereocenters. The summed E-state index contributed by atoms with van der Waals surface area (Å²) in [4.78, 5) is 11.3. The molecule has 0 unspecified atom stereocenters. The van der Waals surface area contributed by atoms with Crippen molar-refractivity contribution in [2.45, 2.75) is 12.3 Å². The first-order chi connectivity index (χ1) is 6.47. The first kappa shape index (κ1) is 9.64. The van der Waals surface area contributed by atoms with Gasteiger partial charge < -0.3 is 15.3 Å². The number of alkyl halides is 2. The first-order valence-corrected chi connectivity index (χ1v) is 4.53. The number of carbonyl (C=O) groups is 1. The van der Waals surface area contributed by atoms with E-state index in [0.29, 0.717) is 13.1 Å². The van der Waals surface area contributed by atoms with Gasteiger partial charge in [-0.1, -0.05) is 0 Å². The standard InChI is InChI=1S/C8H12F2N2O2/c9-8(10)5-12(6(13)14)2-1-7(8)3-11-4-7/h11H,1-5H2,(H,13,14). The van der Waals surface area contributed by atoms with Crippen molar-refractivity contribution in [3.05, 3.63) is 0 Å². The molecule has 2 heterocycles. The fraction of sp³-hybridized carbons (Fsp3) is 0.875. The molecular formula is C8H12F2N2O2. The minimum atomic E-state index is -2.89. The van der Waals surface area contributed by atoms with E-state index in [4.69, 9.17) is 5.11 Å². The lowest BCUT2D eigenvalue weighted by Crippen LogP contribution is -2.69. The molecule has 0 radical (unpaired) electrons. The Balaban J connectivity index is 2.12. The van der Waals surface area contributed by atoms with Gasteiger partial charge in [-0.15, -0.1) is 0 Å². The lowest BCUT2D eigenvalue weighted by Gasteiger charge is -2.52. The van der Waals surface area contributed by atoms with Gasteiger partial charge in [0.05, 0.1) is 12.0 Å². The molecule has 0 aromatic rings. The van der Waals surface area contributed by atoms with Gasteiger partial charge in [-0.25, -0.2) is 13.6 Å². The van der Waals surface area contributed by atoms with Gasteiger partial charge in [0.25, 0.3) is 5.92 Å². The van der Waals surface area contributed by atoms with Gasteiger partial charge in [-0.05, 0) is 6.42 Å². The second kappa shape index (κ2) is 2.79. The molecule has 1 spiro atoms. The Kier molecular flexibility index (Phi) is 1.92. The summed E-state index contributed by atoms with van der Waals surface area (Å²) in [5, 5.41) is 11.4. The molecule has 0 saturated carbocycles. The van der Waals surface area contributed by atoms with Gasteiger partial charge in [0, 0.05) is 19.6 Å². The van der Waals surface area contributed by atoms with Crippen LogP contribution in [0.25, 0.3) is 0 Å². The van der Waals surface area contributed by atoms with Gasteiger partial charge in [-0.2, -0.15) is 0 Å². The Morgan fingerprint density at radius 3 is 2.43 bits per heavy atom. The maximum atomic E-state index is 13.6. The van der Waals surface area contributed by atoms with E-state index in [1.807, 2.05) is 0 Å². The van der Waals surface area contributed by atoms with Gasteiger partial charge >= 0.3 is 6.09 Å². The number of nitrogens with zero attached hydrogens (tertiary/aromatic N) is 1. The number of amides is 1. The van der Waals surface area contributed by atoms with Crippen LogP contribution < -0.4 is 5.32 Å². The van der Waals surface area contributed by atoms with Gasteiger partial charge in [0.2, 0.25) is 0 Å². The minimum absolute atomic E-state index is 0.215. The maximum absolute atomic E-state index is 13.6. The van der Waals surface area contributed by atoms with Crippen LogP contribution in [0.15, 0.2) is 0 Å². The molecule has 2 aliphatic heterocycles. The van der Waals surface area contributed by atoms with Crippen LogP contribution in [0.5, 0.6) is 0 Å². The zero-order valence-electron chi connectivity index (χ0n) is 7.59. The zero-order valence-corrected chi connectivity index (χ0v) is 7.59. The Morgan fingerprint density at radius 1 is 1.43 bits per heavy atom. The summed E-state index contributed by atoms with van der Waals surface area (Å²) in [6.07, 6.45) is -1.01. The first-order valence-electron chi connectivity index (χ1n) is 4.53. The van der Waals surface area contributed by atoms with Crippen molar-refractivity contribution in [1.82, 2.24) is 10.2 Å². The number of likely N-dealkylation sites (tertiary alicyclic amines) is 1. The Labute approximate surface area is 79.9 Å². The van der Waals surface area contributed by atoms with Crippen molar-refractivity contribution in [3.8, 4) is 0 Å². The highest BCUT2D eigenvalue weighted by Gasteiger charge is 2.60. The molecule has 2 N–H and O–H groups in total. The van der Waals surface area contributed by atoms with Gasteiger partial charge in [0.15, 0.2) is 0 Å². The number of piperidine rings is 1. The van der Waals surface area contributed by atoms with E-state index in [2.05, 4.69) is 5.32 Å². The molecule has 6 heteroatoms. The molecule has 0 aromatic carbocycles. The van der Waals surface area contributed by atoms with E-state index in [1.54, 1.807) is 0 Å². The lowest BCUT2D eigenvalue weighted by atomic mass is 9.70. The molecule has 1 amide bonds. The Morgan fingerprint density at radius 2 is 2.07 bits per heavy atom. The maximum Gasteiger partial charge on any atom is 0.407 e. The molecule has 0 aromatic heterocycles. The normalized spacial score (nSPS) is 28.6. The van der Waals surface area contributed by atoms with E-state index in [-0.39, 0.29) is 13.0 Å². The monoisotopic (exact) mass is 206 g/mol.